The Bertz CT molecular complexity index is 941. The van der Waals surface area contributed by atoms with Crippen LogP contribution in [0, 0.1) is 0 Å². The first kappa shape index (κ1) is 16.2. The maximum Gasteiger partial charge on any atom is 0.407 e. The zero-order valence-corrected chi connectivity index (χ0v) is 14.4. The first-order valence-electron chi connectivity index (χ1n) is 8.45. The molecular formula is C20H19N3O3. The third-order valence-electron chi connectivity index (χ3n) is 4.37. The molecule has 1 saturated heterocycles. The lowest BCUT2D eigenvalue weighted by Crippen LogP contribution is -2.23. The molecule has 0 aliphatic carbocycles. The number of amides is 1. The van der Waals surface area contributed by atoms with Gasteiger partial charge in [0, 0.05) is 16.6 Å². The van der Waals surface area contributed by atoms with Crippen LogP contribution in [0.15, 0.2) is 54.6 Å². The number of para-hydroxylation sites is 1. The molecule has 2 aromatic carbocycles. The predicted octanol–water partition coefficient (Wildman–Crippen LogP) is 3.43. The fraction of sp³-hybridized carbons (Fsp3) is 0.200. The summed E-state index contributed by atoms with van der Waals surface area (Å²) in [6.45, 7) is 1.05. The van der Waals surface area contributed by atoms with Gasteiger partial charge in [0.15, 0.2) is 0 Å². The molecule has 132 valence electrons. The predicted molar refractivity (Wildman–Crippen MR) is 100 cm³/mol. The number of carbonyl (C=O) groups is 1. The smallest absolute Gasteiger partial charge is 0.407 e. The van der Waals surface area contributed by atoms with Gasteiger partial charge in [0.25, 0.3) is 0 Å². The third kappa shape index (κ3) is 3.26. The lowest BCUT2D eigenvalue weighted by Gasteiger charge is -2.14. The van der Waals surface area contributed by atoms with Gasteiger partial charge in [-0.05, 0) is 36.4 Å². The number of hydrogen-bond donors (Lipinski definition) is 2. The summed E-state index contributed by atoms with van der Waals surface area (Å²) in [6.07, 6.45) is -0.547. The fourth-order valence-electron chi connectivity index (χ4n) is 3.00. The van der Waals surface area contributed by atoms with Crippen molar-refractivity contribution in [3.63, 3.8) is 0 Å². The van der Waals surface area contributed by atoms with Crippen molar-refractivity contribution in [2.75, 3.05) is 25.5 Å². The Kier molecular flexibility index (Phi) is 4.31. The molecule has 1 amide bonds. The second kappa shape index (κ2) is 6.92. The number of fused-ring (bicyclic) bond motifs is 1. The van der Waals surface area contributed by atoms with Crippen LogP contribution in [0.25, 0.3) is 22.2 Å². The van der Waals surface area contributed by atoms with E-state index in [2.05, 4.69) is 10.6 Å². The summed E-state index contributed by atoms with van der Waals surface area (Å²) in [5.41, 5.74) is 3.75. The first-order chi connectivity index (χ1) is 12.7. The maximum atomic E-state index is 11.2. The van der Waals surface area contributed by atoms with E-state index in [4.69, 9.17) is 14.5 Å². The van der Waals surface area contributed by atoms with Crippen LogP contribution in [0.5, 0.6) is 5.75 Å². The number of aromatic nitrogens is 1. The number of pyridine rings is 1. The van der Waals surface area contributed by atoms with E-state index < -0.39 is 0 Å². The number of alkyl carbamates (subject to hydrolysis) is 1. The van der Waals surface area contributed by atoms with E-state index in [-0.39, 0.29) is 12.2 Å². The summed E-state index contributed by atoms with van der Waals surface area (Å²) in [4.78, 5) is 16.0. The van der Waals surface area contributed by atoms with E-state index in [1.807, 2.05) is 54.6 Å². The molecule has 1 unspecified atom stereocenters. The minimum atomic E-state index is -0.365. The third-order valence-corrected chi connectivity index (χ3v) is 4.37. The molecule has 1 aliphatic rings. The molecule has 1 fully saturated rings. The van der Waals surface area contributed by atoms with Crippen molar-refractivity contribution in [3.05, 3.63) is 54.6 Å². The maximum absolute atomic E-state index is 11.2. The van der Waals surface area contributed by atoms with Crippen molar-refractivity contribution in [1.82, 2.24) is 10.3 Å². The molecule has 0 bridgehead atoms. The number of methoxy groups -OCH3 is 1. The largest absolute Gasteiger partial charge is 0.497 e. The monoisotopic (exact) mass is 349 g/mol. The van der Waals surface area contributed by atoms with Crippen LogP contribution < -0.4 is 15.4 Å². The molecule has 3 aromatic rings. The average molecular weight is 349 g/mol. The van der Waals surface area contributed by atoms with E-state index in [1.54, 1.807) is 7.11 Å². The van der Waals surface area contributed by atoms with Gasteiger partial charge in [0.1, 0.15) is 11.9 Å². The quantitative estimate of drug-likeness (QED) is 0.738. The lowest BCUT2D eigenvalue weighted by atomic mass is 10.1. The van der Waals surface area contributed by atoms with Crippen molar-refractivity contribution in [1.29, 1.82) is 0 Å². The Morgan fingerprint density at radius 1 is 1.23 bits per heavy atom. The van der Waals surface area contributed by atoms with Gasteiger partial charge in [0.05, 0.1) is 31.4 Å². The number of rotatable bonds is 5. The van der Waals surface area contributed by atoms with Crippen LogP contribution in [0.1, 0.15) is 0 Å². The van der Waals surface area contributed by atoms with E-state index in [0.29, 0.717) is 13.1 Å². The molecule has 4 rings (SSSR count). The molecule has 26 heavy (non-hydrogen) atoms. The Morgan fingerprint density at radius 2 is 2.04 bits per heavy atom. The Labute approximate surface area is 151 Å². The number of carbonyl (C=O) groups excluding carboxylic acids is 1. The van der Waals surface area contributed by atoms with Crippen molar-refractivity contribution >= 4 is 22.7 Å². The summed E-state index contributed by atoms with van der Waals surface area (Å²) in [5, 5.41) is 7.10. The summed E-state index contributed by atoms with van der Waals surface area (Å²) >= 11 is 0. The van der Waals surface area contributed by atoms with Crippen molar-refractivity contribution in [2.24, 2.45) is 0 Å². The van der Waals surface area contributed by atoms with E-state index in [0.717, 1.165) is 33.6 Å². The van der Waals surface area contributed by atoms with Gasteiger partial charge in [0.2, 0.25) is 0 Å². The molecule has 2 heterocycles. The van der Waals surface area contributed by atoms with Gasteiger partial charge in [-0.1, -0.05) is 18.2 Å². The van der Waals surface area contributed by atoms with Crippen LogP contribution in [0.4, 0.5) is 10.5 Å². The minimum absolute atomic E-state index is 0.182. The molecule has 0 radical (unpaired) electrons. The molecule has 0 spiro atoms. The molecular weight excluding hydrogens is 330 g/mol. The van der Waals surface area contributed by atoms with Gasteiger partial charge in [-0.15, -0.1) is 0 Å². The second-order valence-electron chi connectivity index (χ2n) is 6.09. The second-order valence-corrected chi connectivity index (χ2v) is 6.09. The molecule has 2 N–H and O–H groups in total. The van der Waals surface area contributed by atoms with Crippen LogP contribution >= 0.6 is 0 Å². The molecule has 6 nitrogen and oxygen atoms in total. The highest BCUT2D eigenvalue weighted by Crippen LogP contribution is 2.29. The number of ether oxygens (including phenoxy) is 2. The van der Waals surface area contributed by atoms with Crippen LogP contribution in [0.3, 0.4) is 0 Å². The van der Waals surface area contributed by atoms with Crippen LogP contribution in [-0.2, 0) is 4.74 Å². The highest BCUT2D eigenvalue weighted by Gasteiger charge is 2.22. The van der Waals surface area contributed by atoms with Gasteiger partial charge in [-0.25, -0.2) is 9.78 Å². The van der Waals surface area contributed by atoms with Gasteiger partial charge in [-0.2, -0.15) is 0 Å². The highest BCUT2D eigenvalue weighted by atomic mass is 16.6. The molecule has 1 aromatic heterocycles. The summed E-state index contributed by atoms with van der Waals surface area (Å²) in [7, 11) is 1.65. The molecule has 1 atom stereocenters. The van der Waals surface area contributed by atoms with Crippen LogP contribution in [0.2, 0.25) is 0 Å². The SMILES string of the molecule is COc1ccc(-c2cc(NCC3CNC(=O)O3)c3ccccc3n2)cc1. The standard InChI is InChI=1S/C20H19N3O3/c1-25-14-8-6-13(7-9-14)18-10-19(16-4-2-3-5-17(16)23-18)21-11-15-12-22-20(24)26-15/h2-10,15H,11-12H2,1H3,(H,21,23)(H,22,24). The Morgan fingerprint density at radius 3 is 2.77 bits per heavy atom. The summed E-state index contributed by atoms with van der Waals surface area (Å²) in [5.74, 6) is 0.809. The number of benzene rings is 2. The number of anilines is 1. The van der Waals surface area contributed by atoms with Crippen molar-refractivity contribution in [2.45, 2.75) is 6.10 Å². The summed E-state index contributed by atoms with van der Waals surface area (Å²) in [6, 6.07) is 17.8. The highest BCUT2D eigenvalue weighted by molar-refractivity contribution is 5.93. The van der Waals surface area contributed by atoms with Gasteiger partial charge < -0.3 is 20.1 Å². The number of nitrogens with zero attached hydrogens (tertiary/aromatic N) is 1. The normalized spacial score (nSPS) is 16.2. The molecule has 6 heteroatoms. The van der Waals surface area contributed by atoms with Crippen molar-refractivity contribution in [3.8, 4) is 17.0 Å². The number of cyclic esters (lactones) is 1. The lowest BCUT2D eigenvalue weighted by molar-refractivity contribution is 0.145. The van der Waals surface area contributed by atoms with Gasteiger partial charge in [-0.3, -0.25) is 0 Å². The Hall–Kier alpha value is -3.28. The van der Waals surface area contributed by atoms with Crippen molar-refractivity contribution < 1.29 is 14.3 Å². The van der Waals surface area contributed by atoms with Gasteiger partial charge >= 0.3 is 6.09 Å². The van der Waals surface area contributed by atoms with Crippen LogP contribution in [-0.4, -0.2) is 37.4 Å². The number of nitrogens with one attached hydrogen (secondary N) is 2. The Balaban J connectivity index is 1.67. The average Bonchev–Trinajstić information content (AvgIpc) is 3.11. The molecule has 1 aliphatic heterocycles. The number of hydrogen-bond acceptors (Lipinski definition) is 5. The minimum Gasteiger partial charge on any atom is -0.497 e. The van der Waals surface area contributed by atoms with E-state index in [9.17, 15) is 4.79 Å². The first-order valence-corrected chi connectivity index (χ1v) is 8.45. The van der Waals surface area contributed by atoms with E-state index >= 15 is 0 Å². The topological polar surface area (TPSA) is 72.5 Å². The zero-order valence-electron chi connectivity index (χ0n) is 14.4. The zero-order chi connectivity index (χ0) is 17.9. The summed E-state index contributed by atoms with van der Waals surface area (Å²) < 4.78 is 10.4. The van der Waals surface area contributed by atoms with E-state index in [1.165, 1.54) is 0 Å². The molecule has 0 saturated carbocycles. The fourth-order valence-corrected chi connectivity index (χ4v) is 3.00.